The third kappa shape index (κ3) is 5.44. The zero-order valence-corrected chi connectivity index (χ0v) is 20.3. The Morgan fingerprint density at radius 3 is 2.59 bits per heavy atom. The quantitative estimate of drug-likeness (QED) is 0.368. The van der Waals surface area contributed by atoms with Crippen LogP contribution in [0.5, 0.6) is 11.5 Å². The summed E-state index contributed by atoms with van der Waals surface area (Å²) in [5.41, 5.74) is 2.38. The molecule has 1 aliphatic heterocycles. The van der Waals surface area contributed by atoms with E-state index in [1.807, 2.05) is 6.07 Å². The van der Waals surface area contributed by atoms with Crippen molar-refractivity contribution >= 4 is 0 Å². The minimum atomic E-state index is 0.313. The summed E-state index contributed by atoms with van der Waals surface area (Å²) in [4.78, 5) is 2.56. The first-order chi connectivity index (χ1) is 16.8. The first-order valence-corrected chi connectivity index (χ1v) is 12.9. The maximum absolute atomic E-state index is 5.64. The van der Waals surface area contributed by atoms with Crippen molar-refractivity contribution in [3.8, 4) is 22.9 Å². The molecule has 6 heteroatoms. The second-order valence-corrected chi connectivity index (χ2v) is 9.67. The first kappa shape index (κ1) is 22.9. The fourth-order valence-corrected chi connectivity index (χ4v) is 5.22. The Bertz CT molecular complexity index is 1060. The number of ether oxygens (including phenoxy) is 2. The topological polar surface area (TPSA) is 52.4 Å². The maximum atomic E-state index is 5.64. The molecule has 2 aromatic carbocycles. The van der Waals surface area contributed by atoms with E-state index in [0.29, 0.717) is 6.79 Å². The smallest absolute Gasteiger partial charge is 0.231 e. The van der Waals surface area contributed by atoms with E-state index in [2.05, 4.69) is 64.0 Å². The van der Waals surface area contributed by atoms with Gasteiger partial charge in [-0.25, -0.2) is 0 Å². The Morgan fingerprint density at radius 1 is 0.941 bits per heavy atom. The average molecular weight is 461 g/mol. The second kappa shape index (κ2) is 11.0. The molecule has 1 aromatic heterocycles. The van der Waals surface area contributed by atoms with E-state index < -0.39 is 0 Å². The van der Waals surface area contributed by atoms with Gasteiger partial charge in [0.2, 0.25) is 6.79 Å². The average Bonchev–Trinajstić information content (AvgIpc) is 3.50. The van der Waals surface area contributed by atoms with Crippen LogP contribution >= 0.6 is 0 Å². The van der Waals surface area contributed by atoms with Crippen LogP contribution in [0.3, 0.4) is 0 Å². The highest BCUT2D eigenvalue weighted by Gasteiger charge is 2.22. The van der Waals surface area contributed by atoms with Gasteiger partial charge in [-0.3, -0.25) is 4.90 Å². The molecule has 1 aliphatic carbocycles. The molecule has 1 fully saturated rings. The normalized spacial score (nSPS) is 15.8. The zero-order chi connectivity index (χ0) is 23.2. The van der Waals surface area contributed by atoms with Crippen LogP contribution in [-0.4, -0.2) is 33.0 Å². The van der Waals surface area contributed by atoms with Gasteiger partial charge in [-0.2, -0.15) is 0 Å². The van der Waals surface area contributed by atoms with Crippen LogP contribution in [0.2, 0.25) is 0 Å². The van der Waals surface area contributed by atoms with Gasteiger partial charge < -0.3 is 14.0 Å². The summed E-state index contributed by atoms with van der Waals surface area (Å²) in [5, 5.41) is 9.35. The highest BCUT2D eigenvalue weighted by Crippen LogP contribution is 2.33. The SMILES string of the molecule is CCCCn1c(CN(Cc2ccc3c(c2)OCO3)CC2CCCCC2)nnc1-c1ccccc1. The number of benzene rings is 2. The maximum Gasteiger partial charge on any atom is 0.231 e. The van der Waals surface area contributed by atoms with Crippen LogP contribution in [0.25, 0.3) is 11.4 Å². The molecule has 0 amide bonds. The molecular weight excluding hydrogens is 424 g/mol. The highest BCUT2D eigenvalue weighted by molar-refractivity contribution is 5.55. The standard InChI is InChI=1S/C28H36N4O2/c1-2-3-16-32-27(29-30-28(32)24-12-8-5-9-13-24)20-31(18-22-10-6-4-7-11-22)19-23-14-15-25-26(17-23)34-21-33-25/h5,8-9,12-15,17,22H,2-4,6-7,10-11,16,18-21H2,1H3. The van der Waals surface area contributed by atoms with Crippen LogP contribution < -0.4 is 9.47 Å². The lowest BCUT2D eigenvalue weighted by molar-refractivity contribution is 0.173. The highest BCUT2D eigenvalue weighted by atomic mass is 16.7. The van der Waals surface area contributed by atoms with Crippen molar-refractivity contribution in [2.45, 2.75) is 71.5 Å². The van der Waals surface area contributed by atoms with Crippen LogP contribution in [0.4, 0.5) is 0 Å². The number of unbranched alkanes of at least 4 members (excludes halogenated alkanes) is 1. The summed E-state index contributed by atoms with van der Waals surface area (Å²) in [6, 6.07) is 16.8. The molecule has 0 spiro atoms. The lowest BCUT2D eigenvalue weighted by Crippen LogP contribution is -2.31. The predicted octanol–water partition coefficient (Wildman–Crippen LogP) is 6.06. The van der Waals surface area contributed by atoms with Gasteiger partial charge in [-0.05, 0) is 42.9 Å². The number of hydrogen-bond acceptors (Lipinski definition) is 5. The summed E-state index contributed by atoms with van der Waals surface area (Å²) in [7, 11) is 0. The van der Waals surface area contributed by atoms with Crippen molar-refractivity contribution in [1.82, 2.24) is 19.7 Å². The van der Waals surface area contributed by atoms with Crippen molar-refractivity contribution in [2.24, 2.45) is 5.92 Å². The molecule has 2 heterocycles. The van der Waals surface area contributed by atoms with E-state index in [4.69, 9.17) is 14.6 Å². The van der Waals surface area contributed by atoms with Gasteiger partial charge in [0.05, 0.1) is 6.54 Å². The Morgan fingerprint density at radius 2 is 1.76 bits per heavy atom. The zero-order valence-electron chi connectivity index (χ0n) is 20.3. The molecule has 3 aromatic rings. The van der Waals surface area contributed by atoms with Crippen molar-refractivity contribution in [1.29, 1.82) is 0 Å². The summed E-state index contributed by atoms with van der Waals surface area (Å²) in [6.07, 6.45) is 9.01. The monoisotopic (exact) mass is 460 g/mol. The Labute approximate surface area is 202 Å². The number of hydrogen-bond donors (Lipinski definition) is 0. The first-order valence-electron chi connectivity index (χ1n) is 12.9. The summed E-state index contributed by atoms with van der Waals surface area (Å²) in [5.74, 6) is 4.49. The van der Waals surface area contributed by atoms with E-state index in [1.165, 1.54) is 37.7 Å². The summed E-state index contributed by atoms with van der Waals surface area (Å²) < 4.78 is 13.5. The molecule has 1 saturated carbocycles. The van der Waals surface area contributed by atoms with Gasteiger partial charge >= 0.3 is 0 Å². The Hall–Kier alpha value is -2.86. The molecule has 0 unspecified atom stereocenters. The molecular formula is C28H36N4O2. The van der Waals surface area contributed by atoms with Crippen molar-refractivity contribution in [2.75, 3.05) is 13.3 Å². The van der Waals surface area contributed by atoms with Gasteiger partial charge in [0.15, 0.2) is 17.3 Å². The van der Waals surface area contributed by atoms with E-state index in [1.54, 1.807) is 0 Å². The van der Waals surface area contributed by atoms with Crippen molar-refractivity contribution in [3.05, 3.63) is 59.9 Å². The van der Waals surface area contributed by atoms with Gasteiger partial charge in [0.1, 0.15) is 5.82 Å². The van der Waals surface area contributed by atoms with E-state index in [0.717, 1.165) is 73.6 Å². The van der Waals surface area contributed by atoms with Gasteiger partial charge in [0.25, 0.3) is 0 Å². The second-order valence-electron chi connectivity index (χ2n) is 9.67. The predicted molar refractivity (Wildman–Crippen MR) is 134 cm³/mol. The summed E-state index contributed by atoms with van der Waals surface area (Å²) >= 11 is 0. The van der Waals surface area contributed by atoms with Crippen LogP contribution in [0.1, 0.15) is 63.3 Å². The van der Waals surface area contributed by atoms with Crippen molar-refractivity contribution < 1.29 is 9.47 Å². The van der Waals surface area contributed by atoms with E-state index in [9.17, 15) is 0 Å². The molecule has 34 heavy (non-hydrogen) atoms. The molecule has 0 radical (unpaired) electrons. The van der Waals surface area contributed by atoms with Crippen LogP contribution in [0, 0.1) is 5.92 Å². The van der Waals surface area contributed by atoms with E-state index >= 15 is 0 Å². The fraction of sp³-hybridized carbons (Fsp3) is 0.500. The van der Waals surface area contributed by atoms with Crippen LogP contribution in [-0.2, 0) is 19.6 Å². The third-order valence-corrected chi connectivity index (χ3v) is 7.04. The third-order valence-electron chi connectivity index (χ3n) is 7.04. The summed E-state index contributed by atoms with van der Waals surface area (Å²) in [6.45, 7) is 6.26. The number of aromatic nitrogens is 3. The largest absolute Gasteiger partial charge is 0.454 e. The molecule has 0 atom stereocenters. The number of fused-ring (bicyclic) bond motifs is 1. The lowest BCUT2D eigenvalue weighted by Gasteiger charge is -2.29. The van der Waals surface area contributed by atoms with Gasteiger partial charge in [-0.1, -0.05) is 69.0 Å². The van der Waals surface area contributed by atoms with Gasteiger partial charge in [-0.15, -0.1) is 10.2 Å². The fourth-order valence-electron chi connectivity index (χ4n) is 5.22. The molecule has 2 aliphatic rings. The molecule has 5 rings (SSSR count). The van der Waals surface area contributed by atoms with Crippen molar-refractivity contribution in [3.63, 3.8) is 0 Å². The Balaban J connectivity index is 1.40. The number of nitrogens with zero attached hydrogens (tertiary/aromatic N) is 4. The molecule has 0 N–H and O–H groups in total. The Kier molecular flexibility index (Phi) is 7.44. The lowest BCUT2D eigenvalue weighted by atomic mass is 9.89. The molecule has 6 nitrogen and oxygen atoms in total. The van der Waals surface area contributed by atoms with Crippen LogP contribution in [0.15, 0.2) is 48.5 Å². The molecule has 0 saturated heterocycles. The van der Waals surface area contributed by atoms with E-state index in [-0.39, 0.29) is 0 Å². The minimum absolute atomic E-state index is 0.313. The van der Waals surface area contributed by atoms with Gasteiger partial charge in [0, 0.05) is 25.2 Å². The molecule has 180 valence electrons. The minimum Gasteiger partial charge on any atom is -0.454 e. The molecule has 0 bridgehead atoms. The number of rotatable bonds is 10.